The van der Waals surface area contributed by atoms with Crippen LogP contribution in [0.3, 0.4) is 0 Å². The molecule has 0 saturated carbocycles. The number of hydrogen-bond acceptors (Lipinski definition) is 3. The highest BCUT2D eigenvalue weighted by Gasteiger charge is 2.06. The van der Waals surface area contributed by atoms with E-state index in [1.54, 1.807) is 6.26 Å². The van der Waals surface area contributed by atoms with Crippen LogP contribution in [0, 0.1) is 0 Å². The van der Waals surface area contributed by atoms with Crippen LogP contribution in [-0.4, -0.2) is 19.1 Å². The summed E-state index contributed by atoms with van der Waals surface area (Å²) in [7, 11) is 0. The predicted octanol–water partition coefficient (Wildman–Crippen LogP) is 3.95. The fourth-order valence-corrected chi connectivity index (χ4v) is 2.59. The summed E-state index contributed by atoms with van der Waals surface area (Å²) >= 11 is 0. The van der Waals surface area contributed by atoms with E-state index in [0.717, 1.165) is 28.7 Å². The predicted molar refractivity (Wildman–Crippen MR) is 94.1 cm³/mol. The molecule has 0 aliphatic rings. The molecule has 0 aliphatic heterocycles. The molecule has 124 valence electrons. The standard InChI is InChI=1S/C20H21NO3/c22-20(11-6-14-23-17-7-2-1-3-8-17)21-13-12-16-15-24-19-10-5-4-9-18(16)19/h1-5,7-10,15H,6,11-14H2,(H,21,22). The van der Waals surface area contributed by atoms with E-state index in [1.165, 1.54) is 0 Å². The lowest BCUT2D eigenvalue weighted by Crippen LogP contribution is -2.25. The van der Waals surface area contributed by atoms with Crippen LogP contribution in [0.2, 0.25) is 0 Å². The zero-order valence-corrected chi connectivity index (χ0v) is 13.5. The van der Waals surface area contributed by atoms with E-state index >= 15 is 0 Å². The van der Waals surface area contributed by atoms with Crippen molar-refractivity contribution < 1.29 is 13.9 Å². The third-order valence-electron chi connectivity index (χ3n) is 3.84. The topological polar surface area (TPSA) is 51.5 Å². The molecule has 0 atom stereocenters. The van der Waals surface area contributed by atoms with E-state index in [0.29, 0.717) is 26.0 Å². The maximum Gasteiger partial charge on any atom is 0.220 e. The van der Waals surface area contributed by atoms with Crippen molar-refractivity contribution in [2.75, 3.05) is 13.2 Å². The van der Waals surface area contributed by atoms with Crippen molar-refractivity contribution in [3.8, 4) is 5.75 Å². The summed E-state index contributed by atoms with van der Waals surface area (Å²) in [6, 6.07) is 17.6. The van der Waals surface area contributed by atoms with Crippen LogP contribution in [0.5, 0.6) is 5.75 Å². The van der Waals surface area contributed by atoms with Crippen LogP contribution < -0.4 is 10.1 Å². The maximum atomic E-state index is 11.9. The molecule has 0 radical (unpaired) electrons. The highest BCUT2D eigenvalue weighted by Crippen LogP contribution is 2.20. The Balaban J connectivity index is 1.34. The number of amides is 1. The third kappa shape index (κ3) is 4.38. The number of nitrogens with one attached hydrogen (secondary N) is 1. The van der Waals surface area contributed by atoms with Crippen LogP contribution in [0.4, 0.5) is 0 Å². The first-order valence-corrected chi connectivity index (χ1v) is 8.22. The molecule has 2 aromatic carbocycles. The molecule has 24 heavy (non-hydrogen) atoms. The van der Waals surface area contributed by atoms with Crippen molar-refractivity contribution in [3.05, 3.63) is 66.4 Å². The summed E-state index contributed by atoms with van der Waals surface area (Å²) in [4.78, 5) is 11.9. The fraction of sp³-hybridized carbons (Fsp3) is 0.250. The number of carbonyl (C=O) groups is 1. The molecule has 3 rings (SSSR count). The van der Waals surface area contributed by atoms with Crippen LogP contribution in [0.15, 0.2) is 65.3 Å². The summed E-state index contributed by atoms with van der Waals surface area (Å²) in [5.41, 5.74) is 2.01. The lowest BCUT2D eigenvalue weighted by Gasteiger charge is -2.06. The van der Waals surface area contributed by atoms with E-state index < -0.39 is 0 Å². The number of hydrogen-bond donors (Lipinski definition) is 1. The number of para-hydroxylation sites is 2. The molecule has 1 heterocycles. The second-order valence-electron chi connectivity index (χ2n) is 5.62. The van der Waals surface area contributed by atoms with Gasteiger partial charge in [0.1, 0.15) is 11.3 Å². The van der Waals surface area contributed by atoms with Crippen molar-refractivity contribution in [1.29, 1.82) is 0 Å². The van der Waals surface area contributed by atoms with E-state index in [9.17, 15) is 4.79 Å². The van der Waals surface area contributed by atoms with E-state index in [1.807, 2.05) is 54.6 Å². The first kappa shape index (κ1) is 16.1. The van der Waals surface area contributed by atoms with Gasteiger partial charge in [0.2, 0.25) is 5.91 Å². The number of fused-ring (bicyclic) bond motifs is 1. The van der Waals surface area contributed by atoms with E-state index in [4.69, 9.17) is 9.15 Å². The zero-order chi connectivity index (χ0) is 16.6. The van der Waals surface area contributed by atoms with E-state index in [-0.39, 0.29) is 5.91 Å². The molecular weight excluding hydrogens is 302 g/mol. The summed E-state index contributed by atoms with van der Waals surface area (Å²) in [6.07, 6.45) is 3.71. The van der Waals surface area contributed by atoms with Gasteiger partial charge in [-0.1, -0.05) is 36.4 Å². The summed E-state index contributed by atoms with van der Waals surface area (Å²) in [6.45, 7) is 1.16. The van der Waals surface area contributed by atoms with Gasteiger partial charge in [-0.2, -0.15) is 0 Å². The van der Waals surface area contributed by atoms with Crippen LogP contribution >= 0.6 is 0 Å². The Morgan fingerprint density at radius 1 is 1.04 bits per heavy atom. The molecule has 1 aromatic heterocycles. The quantitative estimate of drug-likeness (QED) is 0.639. The average molecular weight is 323 g/mol. The van der Waals surface area contributed by atoms with Crippen molar-refractivity contribution in [3.63, 3.8) is 0 Å². The minimum atomic E-state index is 0.0551. The highest BCUT2D eigenvalue weighted by molar-refractivity contribution is 5.81. The van der Waals surface area contributed by atoms with Gasteiger partial charge >= 0.3 is 0 Å². The van der Waals surface area contributed by atoms with Crippen molar-refractivity contribution in [2.45, 2.75) is 19.3 Å². The van der Waals surface area contributed by atoms with Gasteiger partial charge in [-0.3, -0.25) is 4.79 Å². The fourth-order valence-electron chi connectivity index (χ4n) is 2.59. The normalized spacial score (nSPS) is 10.7. The molecule has 3 aromatic rings. The minimum Gasteiger partial charge on any atom is -0.494 e. The van der Waals surface area contributed by atoms with Crippen LogP contribution in [0.1, 0.15) is 18.4 Å². The highest BCUT2D eigenvalue weighted by atomic mass is 16.5. The average Bonchev–Trinajstić information content (AvgIpc) is 3.03. The van der Waals surface area contributed by atoms with Gasteiger partial charge in [0.15, 0.2) is 0 Å². The Kier molecular flexibility index (Phi) is 5.51. The van der Waals surface area contributed by atoms with Crippen molar-refractivity contribution >= 4 is 16.9 Å². The van der Waals surface area contributed by atoms with Crippen molar-refractivity contribution in [1.82, 2.24) is 5.32 Å². The summed E-state index contributed by atoms with van der Waals surface area (Å²) in [5, 5.41) is 4.06. The van der Waals surface area contributed by atoms with Gasteiger partial charge < -0.3 is 14.5 Å². The Labute approximate surface area is 141 Å². The van der Waals surface area contributed by atoms with E-state index in [2.05, 4.69) is 5.32 Å². The first-order chi connectivity index (χ1) is 11.8. The molecule has 0 aliphatic carbocycles. The van der Waals surface area contributed by atoms with Crippen LogP contribution in [-0.2, 0) is 11.2 Å². The largest absolute Gasteiger partial charge is 0.494 e. The molecule has 0 spiro atoms. The second kappa shape index (κ2) is 8.20. The monoisotopic (exact) mass is 323 g/mol. The molecule has 4 heteroatoms. The molecular formula is C20H21NO3. The van der Waals surface area contributed by atoms with Gasteiger partial charge in [-0.05, 0) is 36.6 Å². The minimum absolute atomic E-state index is 0.0551. The number of rotatable bonds is 8. The molecule has 0 bridgehead atoms. The number of carbonyl (C=O) groups excluding carboxylic acids is 1. The maximum absolute atomic E-state index is 11.9. The second-order valence-corrected chi connectivity index (χ2v) is 5.62. The van der Waals surface area contributed by atoms with Gasteiger partial charge in [-0.15, -0.1) is 0 Å². The number of furan rings is 1. The van der Waals surface area contributed by atoms with Gasteiger partial charge in [-0.25, -0.2) is 0 Å². The summed E-state index contributed by atoms with van der Waals surface area (Å²) < 4.78 is 11.1. The zero-order valence-electron chi connectivity index (χ0n) is 13.5. The molecule has 1 N–H and O–H groups in total. The molecule has 0 fully saturated rings. The van der Waals surface area contributed by atoms with Crippen LogP contribution in [0.25, 0.3) is 11.0 Å². The molecule has 0 unspecified atom stereocenters. The summed E-state index contributed by atoms with van der Waals surface area (Å²) in [5.74, 6) is 0.893. The Bertz CT molecular complexity index is 780. The Hall–Kier alpha value is -2.75. The number of ether oxygens (including phenoxy) is 1. The van der Waals surface area contributed by atoms with Crippen molar-refractivity contribution in [2.24, 2.45) is 0 Å². The SMILES string of the molecule is O=C(CCCOc1ccccc1)NCCc1coc2ccccc12. The van der Waals surface area contributed by atoms with Gasteiger partial charge in [0.05, 0.1) is 12.9 Å². The molecule has 4 nitrogen and oxygen atoms in total. The first-order valence-electron chi connectivity index (χ1n) is 8.22. The van der Waals surface area contributed by atoms with Gasteiger partial charge in [0.25, 0.3) is 0 Å². The lowest BCUT2D eigenvalue weighted by atomic mass is 10.1. The Morgan fingerprint density at radius 2 is 1.83 bits per heavy atom. The molecule has 0 saturated heterocycles. The smallest absolute Gasteiger partial charge is 0.220 e. The Morgan fingerprint density at radius 3 is 2.71 bits per heavy atom. The lowest BCUT2D eigenvalue weighted by molar-refractivity contribution is -0.121. The molecule has 1 amide bonds. The van der Waals surface area contributed by atoms with Gasteiger partial charge in [0, 0.05) is 18.4 Å². The third-order valence-corrected chi connectivity index (χ3v) is 3.84. The number of benzene rings is 2.